The van der Waals surface area contributed by atoms with Crippen molar-refractivity contribution in [3.05, 3.63) is 24.3 Å². The van der Waals surface area contributed by atoms with Crippen LogP contribution in [0.5, 0.6) is 5.75 Å². The highest BCUT2D eigenvalue weighted by Crippen LogP contribution is 2.32. The zero-order valence-corrected chi connectivity index (χ0v) is 12.5. The molecule has 0 radical (unpaired) electrons. The predicted molar refractivity (Wildman–Crippen MR) is 81.8 cm³/mol. The van der Waals surface area contributed by atoms with E-state index in [4.69, 9.17) is 4.74 Å². The van der Waals surface area contributed by atoms with Crippen LogP contribution < -0.4 is 10.1 Å². The molecule has 0 bridgehead atoms. The molecule has 1 aliphatic rings. The predicted octanol–water partition coefficient (Wildman–Crippen LogP) is 4.71. The molecule has 0 aliphatic heterocycles. The van der Waals surface area contributed by atoms with Crippen molar-refractivity contribution in [3.8, 4) is 5.75 Å². The van der Waals surface area contributed by atoms with Gasteiger partial charge < -0.3 is 10.1 Å². The smallest absolute Gasteiger partial charge is 0.141 e. The molecule has 1 N–H and O–H groups in total. The van der Waals surface area contributed by atoms with E-state index < -0.39 is 0 Å². The van der Waals surface area contributed by atoms with Crippen LogP contribution >= 0.6 is 0 Å². The molecule has 2 heteroatoms. The van der Waals surface area contributed by atoms with Gasteiger partial charge in [-0.2, -0.15) is 0 Å². The van der Waals surface area contributed by atoms with Crippen LogP contribution in [0.4, 0.5) is 5.69 Å². The van der Waals surface area contributed by atoms with Crippen molar-refractivity contribution in [3.63, 3.8) is 0 Å². The highest BCUT2D eigenvalue weighted by atomic mass is 16.5. The number of rotatable bonds is 4. The SMILES string of the molecule is COc1ccccc1NC1CCCC(C(C)C)CC1. The van der Waals surface area contributed by atoms with E-state index in [1.165, 1.54) is 32.1 Å². The first-order valence-corrected chi connectivity index (χ1v) is 7.60. The lowest BCUT2D eigenvalue weighted by molar-refractivity contribution is 0.341. The number of anilines is 1. The van der Waals surface area contributed by atoms with E-state index in [0.717, 1.165) is 23.3 Å². The third kappa shape index (κ3) is 3.89. The lowest BCUT2D eigenvalue weighted by Gasteiger charge is -2.20. The second kappa shape index (κ2) is 6.83. The quantitative estimate of drug-likeness (QED) is 0.792. The first kappa shape index (κ1) is 14.2. The lowest BCUT2D eigenvalue weighted by Crippen LogP contribution is -2.19. The Hall–Kier alpha value is -1.18. The molecule has 1 aromatic carbocycles. The van der Waals surface area contributed by atoms with Crippen molar-refractivity contribution in [2.75, 3.05) is 12.4 Å². The zero-order valence-electron chi connectivity index (χ0n) is 12.5. The molecule has 2 rings (SSSR count). The summed E-state index contributed by atoms with van der Waals surface area (Å²) in [4.78, 5) is 0. The third-order valence-corrected chi connectivity index (χ3v) is 4.42. The van der Waals surface area contributed by atoms with E-state index in [-0.39, 0.29) is 0 Å². The second-order valence-corrected chi connectivity index (χ2v) is 6.05. The molecular formula is C17H27NO. The van der Waals surface area contributed by atoms with E-state index in [1.807, 2.05) is 12.1 Å². The molecule has 19 heavy (non-hydrogen) atoms. The van der Waals surface area contributed by atoms with Gasteiger partial charge in [-0.1, -0.05) is 38.8 Å². The van der Waals surface area contributed by atoms with Gasteiger partial charge in [0.1, 0.15) is 5.75 Å². The largest absolute Gasteiger partial charge is 0.495 e. The molecule has 1 saturated carbocycles. The van der Waals surface area contributed by atoms with Gasteiger partial charge in [0, 0.05) is 6.04 Å². The summed E-state index contributed by atoms with van der Waals surface area (Å²) in [5.41, 5.74) is 1.14. The van der Waals surface area contributed by atoms with Crippen LogP contribution in [0, 0.1) is 11.8 Å². The molecular weight excluding hydrogens is 234 g/mol. The number of nitrogens with one attached hydrogen (secondary N) is 1. The van der Waals surface area contributed by atoms with Crippen molar-refractivity contribution in [1.29, 1.82) is 0 Å². The third-order valence-electron chi connectivity index (χ3n) is 4.42. The Kier molecular flexibility index (Phi) is 5.12. The molecule has 2 nitrogen and oxygen atoms in total. The highest BCUT2D eigenvalue weighted by Gasteiger charge is 2.21. The maximum atomic E-state index is 5.41. The van der Waals surface area contributed by atoms with Crippen molar-refractivity contribution in [2.24, 2.45) is 11.8 Å². The molecule has 1 aliphatic carbocycles. The van der Waals surface area contributed by atoms with Crippen LogP contribution in [0.1, 0.15) is 46.0 Å². The minimum absolute atomic E-state index is 0.597. The van der Waals surface area contributed by atoms with Crippen molar-refractivity contribution >= 4 is 5.69 Å². The number of methoxy groups -OCH3 is 1. The van der Waals surface area contributed by atoms with E-state index in [1.54, 1.807) is 7.11 Å². The minimum atomic E-state index is 0.597. The summed E-state index contributed by atoms with van der Waals surface area (Å²) in [5.74, 6) is 2.68. The Morgan fingerprint density at radius 1 is 1.11 bits per heavy atom. The fraction of sp³-hybridized carbons (Fsp3) is 0.647. The Labute approximate surface area is 117 Å². The molecule has 2 atom stereocenters. The summed E-state index contributed by atoms with van der Waals surface area (Å²) < 4.78 is 5.41. The molecule has 0 heterocycles. The summed E-state index contributed by atoms with van der Waals surface area (Å²) in [6, 6.07) is 8.82. The Morgan fingerprint density at radius 3 is 2.63 bits per heavy atom. The lowest BCUT2D eigenvalue weighted by atomic mass is 9.89. The summed E-state index contributed by atoms with van der Waals surface area (Å²) in [6.45, 7) is 4.72. The van der Waals surface area contributed by atoms with Crippen LogP contribution in [-0.2, 0) is 0 Å². The standard InChI is InChI=1S/C17H27NO/c1-13(2)14-7-6-8-15(12-11-14)18-16-9-4-5-10-17(16)19-3/h4-5,9-10,13-15,18H,6-8,11-12H2,1-3H3. The molecule has 106 valence electrons. The number of para-hydroxylation sites is 2. The van der Waals surface area contributed by atoms with Crippen molar-refractivity contribution < 1.29 is 4.74 Å². The zero-order chi connectivity index (χ0) is 13.7. The van der Waals surface area contributed by atoms with Gasteiger partial charge in [-0.25, -0.2) is 0 Å². The number of ether oxygens (including phenoxy) is 1. The molecule has 0 amide bonds. The maximum absolute atomic E-state index is 5.41. The van der Waals surface area contributed by atoms with Crippen LogP contribution in [0.3, 0.4) is 0 Å². The maximum Gasteiger partial charge on any atom is 0.141 e. The molecule has 0 saturated heterocycles. The van der Waals surface area contributed by atoms with Gasteiger partial charge in [0.15, 0.2) is 0 Å². The van der Waals surface area contributed by atoms with Gasteiger partial charge in [-0.05, 0) is 43.2 Å². The molecule has 1 fully saturated rings. The van der Waals surface area contributed by atoms with E-state index in [9.17, 15) is 0 Å². The molecule has 0 aromatic heterocycles. The van der Waals surface area contributed by atoms with Crippen LogP contribution in [0.15, 0.2) is 24.3 Å². The number of benzene rings is 1. The topological polar surface area (TPSA) is 21.3 Å². The molecule has 0 spiro atoms. The normalized spacial score (nSPS) is 24.0. The Bertz CT molecular complexity index is 389. The van der Waals surface area contributed by atoms with Crippen molar-refractivity contribution in [2.45, 2.75) is 52.0 Å². The fourth-order valence-corrected chi connectivity index (χ4v) is 3.13. The van der Waals surface area contributed by atoms with Gasteiger partial charge >= 0.3 is 0 Å². The first-order valence-electron chi connectivity index (χ1n) is 7.60. The van der Waals surface area contributed by atoms with Gasteiger partial charge in [-0.3, -0.25) is 0 Å². The summed E-state index contributed by atoms with van der Waals surface area (Å²) in [7, 11) is 1.74. The minimum Gasteiger partial charge on any atom is -0.495 e. The van der Waals surface area contributed by atoms with Gasteiger partial charge in [0.2, 0.25) is 0 Å². The van der Waals surface area contributed by atoms with Crippen LogP contribution in [-0.4, -0.2) is 13.2 Å². The van der Waals surface area contributed by atoms with E-state index >= 15 is 0 Å². The monoisotopic (exact) mass is 261 g/mol. The van der Waals surface area contributed by atoms with Crippen molar-refractivity contribution in [1.82, 2.24) is 0 Å². The van der Waals surface area contributed by atoms with Crippen LogP contribution in [0.2, 0.25) is 0 Å². The average molecular weight is 261 g/mol. The Balaban J connectivity index is 1.96. The molecule has 1 aromatic rings. The fourth-order valence-electron chi connectivity index (χ4n) is 3.13. The van der Waals surface area contributed by atoms with Crippen LogP contribution in [0.25, 0.3) is 0 Å². The van der Waals surface area contributed by atoms with Gasteiger partial charge in [0.25, 0.3) is 0 Å². The number of hydrogen-bond donors (Lipinski definition) is 1. The highest BCUT2D eigenvalue weighted by molar-refractivity contribution is 5.56. The summed E-state index contributed by atoms with van der Waals surface area (Å²) in [6.07, 6.45) is 6.64. The molecule has 2 unspecified atom stereocenters. The Morgan fingerprint density at radius 2 is 1.89 bits per heavy atom. The second-order valence-electron chi connectivity index (χ2n) is 6.05. The van der Waals surface area contributed by atoms with Gasteiger partial charge in [-0.15, -0.1) is 0 Å². The average Bonchev–Trinajstić information content (AvgIpc) is 2.65. The number of hydrogen-bond acceptors (Lipinski definition) is 2. The van der Waals surface area contributed by atoms with E-state index in [2.05, 4.69) is 31.3 Å². The summed E-state index contributed by atoms with van der Waals surface area (Å²) in [5, 5.41) is 3.67. The summed E-state index contributed by atoms with van der Waals surface area (Å²) >= 11 is 0. The first-order chi connectivity index (χ1) is 9.20. The van der Waals surface area contributed by atoms with E-state index in [0.29, 0.717) is 6.04 Å². The van der Waals surface area contributed by atoms with Gasteiger partial charge in [0.05, 0.1) is 12.8 Å².